The first-order valence-electron chi connectivity index (χ1n) is 4.95. The minimum Gasteiger partial charge on any atom is -0.389 e. The van der Waals surface area contributed by atoms with Gasteiger partial charge in [-0.1, -0.05) is 0 Å². The molecule has 0 bridgehead atoms. The fourth-order valence-electron chi connectivity index (χ4n) is 1.20. The fraction of sp³-hybridized carbons (Fsp3) is 0.364. The first-order valence-corrected chi connectivity index (χ1v) is 5.74. The maximum absolute atomic E-state index is 13.2. The Bertz CT molecular complexity index is 400. The van der Waals surface area contributed by atoms with E-state index in [-0.39, 0.29) is 18.7 Å². The Morgan fingerprint density at radius 3 is 2.94 bits per heavy atom. The van der Waals surface area contributed by atoms with Gasteiger partial charge in [0.15, 0.2) is 0 Å². The number of carbonyl (C=O) groups excluding carboxylic acids is 1. The summed E-state index contributed by atoms with van der Waals surface area (Å²) in [4.78, 5) is 11.6. The minimum absolute atomic E-state index is 0.0599. The molecule has 0 fully saturated rings. The number of aliphatic hydroxyl groups excluding tert-OH is 1. The van der Waals surface area contributed by atoms with Crippen molar-refractivity contribution in [2.45, 2.75) is 6.10 Å². The molecule has 0 aliphatic carbocycles. The maximum Gasteiger partial charge on any atom is 0.251 e. The second kappa shape index (κ2) is 6.68. The van der Waals surface area contributed by atoms with E-state index in [2.05, 4.69) is 21.2 Å². The molecule has 0 saturated carbocycles. The Kier molecular flexibility index (Phi) is 5.54. The summed E-state index contributed by atoms with van der Waals surface area (Å²) in [5.41, 5.74) is 0.204. The third-order valence-electron chi connectivity index (χ3n) is 2.04. The lowest BCUT2D eigenvalue weighted by molar-refractivity contribution is 0.0609. The number of benzene rings is 1. The molecule has 1 unspecified atom stereocenters. The number of methoxy groups -OCH3 is 1. The highest BCUT2D eigenvalue weighted by Gasteiger charge is 2.10. The van der Waals surface area contributed by atoms with Gasteiger partial charge in [-0.15, -0.1) is 0 Å². The van der Waals surface area contributed by atoms with Crippen molar-refractivity contribution in [2.75, 3.05) is 20.3 Å². The summed E-state index contributed by atoms with van der Waals surface area (Å²) < 4.78 is 18.2. The van der Waals surface area contributed by atoms with Crippen LogP contribution in [0.15, 0.2) is 22.7 Å². The smallest absolute Gasteiger partial charge is 0.251 e. The van der Waals surface area contributed by atoms with E-state index < -0.39 is 17.8 Å². The lowest BCUT2D eigenvalue weighted by Crippen LogP contribution is -2.34. The number of nitrogens with one attached hydrogen (secondary N) is 1. The molecule has 0 aliphatic heterocycles. The second-order valence-electron chi connectivity index (χ2n) is 3.45. The third-order valence-corrected chi connectivity index (χ3v) is 2.68. The largest absolute Gasteiger partial charge is 0.389 e. The molecular formula is C11H13BrFNO3. The highest BCUT2D eigenvalue weighted by molar-refractivity contribution is 9.10. The number of halogens is 2. The number of hydrogen-bond acceptors (Lipinski definition) is 3. The van der Waals surface area contributed by atoms with E-state index in [9.17, 15) is 14.3 Å². The summed E-state index contributed by atoms with van der Waals surface area (Å²) in [6, 6.07) is 4.07. The summed E-state index contributed by atoms with van der Waals surface area (Å²) in [6.07, 6.45) is -0.774. The molecule has 2 N–H and O–H groups in total. The number of hydrogen-bond donors (Lipinski definition) is 2. The molecule has 1 rings (SSSR count). The summed E-state index contributed by atoms with van der Waals surface area (Å²) >= 11 is 3.00. The Hall–Kier alpha value is -0.980. The average Bonchev–Trinajstić information content (AvgIpc) is 2.30. The number of aliphatic hydroxyl groups is 1. The van der Waals surface area contributed by atoms with Crippen LogP contribution in [0.5, 0.6) is 0 Å². The van der Waals surface area contributed by atoms with Crippen LogP contribution >= 0.6 is 15.9 Å². The number of amides is 1. The summed E-state index contributed by atoms with van der Waals surface area (Å²) in [7, 11) is 1.45. The van der Waals surface area contributed by atoms with Gasteiger partial charge in [-0.2, -0.15) is 0 Å². The number of ether oxygens (including phenoxy) is 1. The zero-order valence-electron chi connectivity index (χ0n) is 9.24. The van der Waals surface area contributed by atoms with Crippen LogP contribution < -0.4 is 5.32 Å². The van der Waals surface area contributed by atoms with Gasteiger partial charge in [0.25, 0.3) is 5.91 Å². The van der Waals surface area contributed by atoms with E-state index in [1.165, 1.54) is 19.2 Å². The van der Waals surface area contributed by atoms with Crippen LogP contribution in [0.4, 0.5) is 4.39 Å². The van der Waals surface area contributed by atoms with Gasteiger partial charge < -0.3 is 15.2 Å². The zero-order valence-corrected chi connectivity index (χ0v) is 10.8. The molecule has 0 heterocycles. The van der Waals surface area contributed by atoms with Gasteiger partial charge in [-0.25, -0.2) is 4.39 Å². The van der Waals surface area contributed by atoms with Crippen LogP contribution in [0.1, 0.15) is 10.4 Å². The molecule has 0 radical (unpaired) electrons. The minimum atomic E-state index is -0.774. The molecule has 17 heavy (non-hydrogen) atoms. The molecule has 0 spiro atoms. The first kappa shape index (κ1) is 14.1. The van der Waals surface area contributed by atoms with E-state index >= 15 is 0 Å². The van der Waals surface area contributed by atoms with Gasteiger partial charge in [0.05, 0.1) is 17.2 Å². The predicted octanol–water partition coefficient (Wildman–Crippen LogP) is 1.33. The Labute approximate surface area is 107 Å². The topological polar surface area (TPSA) is 58.6 Å². The molecule has 1 aromatic carbocycles. The quantitative estimate of drug-likeness (QED) is 0.863. The van der Waals surface area contributed by atoms with Gasteiger partial charge in [0.2, 0.25) is 0 Å². The third kappa shape index (κ3) is 4.41. The highest BCUT2D eigenvalue weighted by Crippen LogP contribution is 2.16. The van der Waals surface area contributed by atoms with Gasteiger partial charge in [0, 0.05) is 19.2 Å². The van der Waals surface area contributed by atoms with Gasteiger partial charge in [-0.05, 0) is 34.1 Å². The summed E-state index contributed by atoms with van der Waals surface area (Å²) in [5, 5.41) is 11.8. The van der Waals surface area contributed by atoms with Gasteiger partial charge in [-0.3, -0.25) is 4.79 Å². The monoisotopic (exact) mass is 305 g/mol. The molecule has 1 aromatic rings. The SMILES string of the molecule is COCC(O)CNC(=O)c1ccc(Br)c(F)c1. The van der Waals surface area contributed by atoms with Crippen molar-refractivity contribution in [3.05, 3.63) is 34.1 Å². The summed E-state index contributed by atoms with van der Waals surface area (Å²) in [6.45, 7) is 0.194. The van der Waals surface area contributed by atoms with Crippen molar-refractivity contribution < 1.29 is 19.0 Å². The van der Waals surface area contributed by atoms with E-state index in [0.29, 0.717) is 4.47 Å². The molecular weight excluding hydrogens is 293 g/mol. The van der Waals surface area contributed by atoms with Crippen LogP contribution in [0.25, 0.3) is 0 Å². The van der Waals surface area contributed by atoms with Crippen molar-refractivity contribution >= 4 is 21.8 Å². The molecule has 4 nitrogen and oxygen atoms in total. The average molecular weight is 306 g/mol. The van der Waals surface area contributed by atoms with Crippen molar-refractivity contribution in [1.29, 1.82) is 0 Å². The molecule has 0 aromatic heterocycles. The molecule has 1 atom stereocenters. The van der Waals surface area contributed by atoms with Crippen LogP contribution in [0, 0.1) is 5.82 Å². The van der Waals surface area contributed by atoms with Crippen molar-refractivity contribution in [2.24, 2.45) is 0 Å². The van der Waals surface area contributed by atoms with E-state index in [1.807, 2.05) is 0 Å². The molecule has 6 heteroatoms. The molecule has 94 valence electrons. The zero-order chi connectivity index (χ0) is 12.8. The predicted molar refractivity (Wildman–Crippen MR) is 64.3 cm³/mol. The second-order valence-corrected chi connectivity index (χ2v) is 4.30. The van der Waals surface area contributed by atoms with Gasteiger partial charge in [0.1, 0.15) is 5.82 Å². The van der Waals surface area contributed by atoms with Gasteiger partial charge >= 0.3 is 0 Å². The van der Waals surface area contributed by atoms with Crippen LogP contribution in [0.2, 0.25) is 0 Å². The fourth-order valence-corrected chi connectivity index (χ4v) is 1.45. The Morgan fingerprint density at radius 1 is 1.65 bits per heavy atom. The van der Waals surface area contributed by atoms with E-state index in [4.69, 9.17) is 4.74 Å². The Balaban J connectivity index is 2.55. The van der Waals surface area contributed by atoms with Crippen LogP contribution in [-0.4, -0.2) is 37.4 Å². The van der Waals surface area contributed by atoms with Crippen molar-refractivity contribution in [1.82, 2.24) is 5.32 Å². The highest BCUT2D eigenvalue weighted by atomic mass is 79.9. The number of carbonyl (C=O) groups is 1. The standard InChI is InChI=1S/C11H13BrFNO3/c1-17-6-8(15)5-14-11(16)7-2-3-9(12)10(13)4-7/h2-4,8,15H,5-6H2,1H3,(H,14,16). The maximum atomic E-state index is 13.2. The van der Waals surface area contributed by atoms with Crippen LogP contribution in [0.3, 0.4) is 0 Å². The molecule has 0 saturated heterocycles. The Morgan fingerprint density at radius 2 is 2.35 bits per heavy atom. The van der Waals surface area contributed by atoms with Crippen LogP contribution in [-0.2, 0) is 4.74 Å². The van der Waals surface area contributed by atoms with E-state index in [1.54, 1.807) is 0 Å². The number of rotatable bonds is 5. The first-order chi connectivity index (χ1) is 8.04. The molecule has 1 amide bonds. The van der Waals surface area contributed by atoms with Crippen molar-refractivity contribution in [3.8, 4) is 0 Å². The lowest BCUT2D eigenvalue weighted by Gasteiger charge is -2.10. The summed E-state index contributed by atoms with van der Waals surface area (Å²) in [5.74, 6) is -0.943. The lowest BCUT2D eigenvalue weighted by atomic mass is 10.2. The normalized spacial score (nSPS) is 12.2. The van der Waals surface area contributed by atoms with Crippen molar-refractivity contribution in [3.63, 3.8) is 0 Å². The molecule has 0 aliphatic rings. The van der Waals surface area contributed by atoms with E-state index in [0.717, 1.165) is 6.07 Å².